The average Bonchev–Trinajstić information content (AvgIpc) is 2.90. The molecule has 0 aliphatic rings. The van der Waals surface area contributed by atoms with Crippen LogP contribution in [0.15, 0.2) is 60.9 Å². The van der Waals surface area contributed by atoms with Crippen molar-refractivity contribution >= 4 is 45.7 Å². The van der Waals surface area contributed by atoms with Crippen LogP contribution in [0.4, 0.5) is 24.5 Å². The lowest BCUT2D eigenvalue weighted by Gasteiger charge is -2.16. The lowest BCUT2D eigenvalue weighted by atomic mass is 10.1. The number of hydrogen-bond donors (Lipinski definition) is 2. The minimum Gasteiger partial charge on any atom is -0.493 e. The summed E-state index contributed by atoms with van der Waals surface area (Å²) < 4.78 is 58.2. The molecule has 2 N–H and O–H groups in total. The Bertz CT molecular complexity index is 1520. The van der Waals surface area contributed by atoms with Crippen LogP contribution < -0.4 is 24.8 Å². The molecule has 2 heterocycles. The lowest BCUT2D eigenvalue weighted by molar-refractivity contribution is -0.152. The summed E-state index contributed by atoms with van der Waals surface area (Å²) in [7, 11) is 2.95. The summed E-state index contributed by atoms with van der Waals surface area (Å²) in [6.45, 7) is 0. The predicted molar refractivity (Wildman–Crippen MR) is 133 cm³/mol. The second-order valence-electron chi connectivity index (χ2n) is 7.61. The van der Waals surface area contributed by atoms with E-state index in [4.69, 9.17) is 25.8 Å². The van der Waals surface area contributed by atoms with E-state index in [0.717, 1.165) is 36.5 Å². The molecular weight excluding hydrogens is 529 g/mol. The lowest BCUT2D eigenvalue weighted by Crippen LogP contribution is -2.45. The number of benzene rings is 2. The van der Waals surface area contributed by atoms with Gasteiger partial charge in [0, 0.05) is 17.3 Å². The number of anilines is 2. The third-order valence-corrected chi connectivity index (χ3v) is 5.43. The molecule has 9 nitrogen and oxygen atoms in total. The number of pyridine rings is 2. The first kappa shape index (κ1) is 26.5. The zero-order valence-electron chi connectivity index (χ0n) is 19.7. The van der Waals surface area contributed by atoms with Gasteiger partial charge in [0.05, 0.1) is 26.1 Å². The molecule has 0 spiro atoms. The molecule has 0 fully saturated rings. The molecule has 4 aromatic rings. The molecule has 13 heteroatoms. The Morgan fingerprint density at radius 3 is 2.21 bits per heavy atom. The van der Waals surface area contributed by atoms with Gasteiger partial charge in [-0.3, -0.25) is 14.6 Å². The predicted octanol–water partition coefficient (Wildman–Crippen LogP) is 5.44. The number of fused-ring (bicyclic) bond motifs is 1. The van der Waals surface area contributed by atoms with Crippen LogP contribution in [0.1, 0.15) is 0 Å². The zero-order chi connectivity index (χ0) is 27.4. The summed E-state index contributed by atoms with van der Waals surface area (Å²) in [6.07, 6.45) is 2.50. The molecule has 4 rings (SSSR count). The Labute approximate surface area is 218 Å². The van der Waals surface area contributed by atoms with E-state index >= 15 is 0 Å². The average molecular weight is 547 g/mol. The number of methoxy groups -OCH3 is 2. The third kappa shape index (κ3) is 5.39. The largest absolute Gasteiger partial charge is 0.493 e. The highest BCUT2D eigenvalue weighted by Gasteiger charge is 2.47. The first-order chi connectivity index (χ1) is 18.1. The molecule has 0 radical (unpaired) electrons. The fourth-order valence-electron chi connectivity index (χ4n) is 3.32. The number of hydrogen-bond acceptors (Lipinski definition) is 7. The maximum absolute atomic E-state index is 14.4. The number of amides is 2. The van der Waals surface area contributed by atoms with Gasteiger partial charge in [-0.05, 0) is 48.5 Å². The molecule has 2 aromatic carbocycles. The second kappa shape index (κ2) is 10.8. The van der Waals surface area contributed by atoms with Gasteiger partial charge in [-0.15, -0.1) is 0 Å². The fraction of sp³-hybridized carbons (Fsp3) is 0.120. The van der Waals surface area contributed by atoms with Crippen molar-refractivity contribution in [2.75, 3.05) is 24.9 Å². The summed E-state index contributed by atoms with van der Waals surface area (Å²) in [5, 5.41) is 4.18. The number of nitrogens with one attached hydrogen (secondary N) is 2. The highest BCUT2D eigenvalue weighted by Crippen LogP contribution is 2.39. The Balaban J connectivity index is 1.50. The van der Waals surface area contributed by atoms with Gasteiger partial charge in [-0.25, -0.2) is 9.37 Å². The minimum atomic E-state index is -4.47. The van der Waals surface area contributed by atoms with Gasteiger partial charge in [0.15, 0.2) is 11.5 Å². The normalized spacial score (nSPS) is 11.1. The van der Waals surface area contributed by atoms with Crippen LogP contribution in [0.5, 0.6) is 23.1 Å². The molecule has 2 amide bonds. The highest BCUT2D eigenvalue weighted by atomic mass is 35.5. The van der Waals surface area contributed by atoms with Crippen molar-refractivity contribution in [2.24, 2.45) is 0 Å². The van der Waals surface area contributed by atoms with E-state index in [1.807, 2.05) is 10.6 Å². The molecule has 0 saturated heterocycles. The highest BCUT2D eigenvalue weighted by molar-refractivity contribution is 6.32. The minimum absolute atomic E-state index is 0.0900. The number of nitrogens with zero attached hydrogens (tertiary/aromatic N) is 2. The van der Waals surface area contributed by atoms with Crippen LogP contribution in [0, 0.1) is 5.82 Å². The van der Waals surface area contributed by atoms with Crippen molar-refractivity contribution in [2.45, 2.75) is 5.92 Å². The monoisotopic (exact) mass is 546 g/mol. The van der Waals surface area contributed by atoms with Gasteiger partial charge < -0.3 is 24.8 Å². The quantitative estimate of drug-likeness (QED) is 0.283. The van der Waals surface area contributed by atoms with Crippen LogP contribution in [0.3, 0.4) is 0 Å². The first-order valence-electron chi connectivity index (χ1n) is 10.7. The second-order valence-corrected chi connectivity index (χ2v) is 8.02. The number of carbonyl (C=O) groups excluding carboxylic acids is 2. The van der Waals surface area contributed by atoms with E-state index in [1.54, 1.807) is 18.2 Å². The molecule has 0 aliphatic carbocycles. The molecule has 0 unspecified atom stereocenters. The van der Waals surface area contributed by atoms with Gasteiger partial charge in [-0.2, -0.15) is 8.78 Å². The van der Waals surface area contributed by atoms with Crippen molar-refractivity contribution in [1.82, 2.24) is 9.97 Å². The van der Waals surface area contributed by atoms with Crippen molar-refractivity contribution in [1.29, 1.82) is 0 Å². The summed E-state index contributed by atoms with van der Waals surface area (Å²) in [4.78, 5) is 32.4. The summed E-state index contributed by atoms with van der Waals surface area (Å²) in [5.41, 5.74) is 0.118. The van der Waals surface area contributed by atoms with E-state index in [1.165, 1.54) is 20.4 Å². The summed E-state index contributed by atoms with van der Waals surface area (Å²) in [5.74, 6) is -7.85. The van der Waals surface area contributed by atoms with Gasteiger partial charge in [0.2, 0.25) is 5.88 Å². The third-order valence-electron chi connectivity index (χ3n) is 5.16. The number of carbonyl (C=O) groups is 2. The van der Waals surface area contributed by atoms with Crippen LogP contribution in [0.2, 0.25) is 5.02 Å². The number of ether oxygens (including phenoxy) is 3. The van der Waals surface area contributed by atoms with Crippen molar-refractivity contribution in [3.8, 4) is 23.1 Å². The first-order valence-corrected chi connectivity index (χ1v) is 11.1. The van der Waals surface area contributed by atoms with Crippen LogP contribution in [-0.2, 0) is 9.59 Å². The Morgan fingerprint density at radius 1 is 0.895 bits per heavy atom. The van der Waals surface area contributed by atoms with Crippen LogP contribution >= 0.6 is 11.6 Å². The molecule has 196 valence electrons. The Morgan fingerprint density at radius 2 is 1.58 bits per heavy atom. The molecule has 0 bridgehead atoms. The van der Waals surface area contributed by atoms with Crippen molar-refractivity contribution < 1.29 is 37.0 Å². The molecule has 0 aliphatic heterocycles. The standard InChI is InChI=1S/C25H18ClF3N4O5/c1-36-19-8-7-16-18(9-10-30-20(16)21(19)37-2)38-22-17(26)11-15(12-31-22)33-24(35)25(28,29)23(34)32-14-5-3-13(27)4-6-14/h3-12H,1-2H3,(H,32,34)(H,33,35). The summed E-state index contributed by atoms with van der Waals surface area (Å²) >= 11 is 6.22. The van der Waals surface area contributed by atoms with Crippen LogP contribution in [-0.4, -0.2) is 41.9 Å². The Kier molecular flexibility index (Phi) is 7.53. The smallest absolute Gasteiger partial charge is 0.401 e. The Hall–Kier alpha value is -4.58. The molecule has 0 saturated carbocycles. The number of rotatable bonds is 8. The SMILES string of the molecule is COc1ccc2c(Oc3ncc(NC(=O)C(F)(F)C(=O)Nc4ccc(F)cc4)cc3Cl)ccnc2c1OC. The van der Waals surface area contributed by atoms with Gasteiger partial charge in [0.25, 0.3) is 0 Å². The molecular formula is C25H18ClF3N4O5. The topological polar surface area (TPSA) is 112 Å². The maximum Gasteiger partial charge on any atom is 0.401 e. The van der Waals surface area contributed by atoms with E-state index in [2.05, 4.69) is 9.97 Å². The van der Waals surface area contributed by atoms with Gasteiger partial charge in [0.1, 0.15) is 22.1 Å². The molecule has 0 atom stereocenters. The number of aromatic nitrogens is 2. The van der Waals surface area contributed by atoms with E-state index in [0.29, 0.717) is 28.2 Å². The van der Waals surface area contributed by atoms with E-state index in [9.17, 15) is 22.8 Å². The van der Waals surface area contributed by atoms with Crippen molar-refractivity contribution in [3.63, 3.8) is 0 Å². The number of alkyl halides is 2. The van der Waals surface area contributed by atoms with Crippen LogP contribution in [0.25, 0.3) is 10.9 Å². The fourth-order valence-corrected chi connectivity index (χ4v) is 3.53. The summed E-state index contributed by atoms with van der Waals surface area (Å²) in [6, 6.07) is 10.1. The zero-order valence-corrected chi connectivity index (χ0v) is 20.5. The van der Waals surface area contributed by atoms with E-state index < -0.39 is 23.6 Å². The van der Waals surface area contributed by atoms with Crippen molar-refractivity contribution in [3.05, 3.63) is 71.8 Å². The van der Waals surface area contributed by atoms with E-state index in [-0.39, 0.29) is 22.3 Å². The molecule has 2 aromatic heterocycles. The molecule has 38 heavy (non-hydrogen) atoms. The maximum atomic E-state index is 14.4. The number of halogens is 4. The van der Waals surface area contributed by atoms with Gasteiger partial charge in [-0.1, -0.05) is 11.6 Å². The van der Waals surface area contributed by atoms with Gasteiger partial charge >= 0.3 is 17.7 Å².